The normalized spacial score (nSPS) is 0. The Morgan fingerprint density at radius 3 is 0.222 bits per heavy atom. The van der Waals surface area contributed by atoms with E-state index >= 15 is 0 Å². The minimum Gasteiger partial charge on any atom is -0.412 e. The molecule has 9 heavy (non-hydrogen) atoms. The van der Waals surface area contributed by atoms with Crippen LogP contribution in [0, 0.1) is 0 Å². The molecule has 52 valence electrons. The molecule has 0 bridgehead atoms. The summed E-state index contributed by atoms with van der Waals surface area (Å²) in [4.78, 5) is 0. The van der Waals surface area contributed by atoms with E-state index in [2.05, 4.69) is 0 Å². The first kappa shape index (κ1) is 139. The monoisotopic (exact) mass is 312 g/mol. The Morgan fingerprint density at radius 1 is 0.222 bits per heavy atom. The number of hydrogen-bond acceptors (Lipinski definition) is 0. The molecule has 8 N–H and O–H groups in total. The van der Waals surface area contributed by atoms with E-state index in [0.717, 1.165) is 0 Å². The van der Waals surface area contributed by atoms with Gasteiger partial charge >= 0.3 is 0 Å². The molecule has 0 saturated heterocycles. The standard InChI is InChI=1S/4H2O.5Ti/h4*1H2;;;;;. The second-order valence-corrected chi connectivity index (χ2v) is 0. The second kappa shape index (κ2) is 106. The maximum absolute atomic E-state index is 0. The fourth-order valence-corrected chi connectivity index (χ4v) is 0. The molecule has 0 amide bonds. The first-order valence-electron chi connectivity index (χ1n) is 0. The minimum absolute atomic E-state index is 0. The smallest absolute Gasteiger partial charge is 0 e. The van der Waals surface area contributed by atoms with Crippen LogP contribution in [0.4, 0.5) is 0 Å². The van der Waals surface area contributed by atoms with Gasteiger partial charge < -0.3 is 21.9 Å². The van der Waals surface area contributed by atoms with Gasteiger partial charge in [0.2, 0.25) is 0 Å². The quantitative estimate of drug-likeness (QED) is 0.415. The zero-order valence-electron chi connectivity index (χ0n) is 4.50. The molecule has 0 aromatic carbocycles. The van der Waals surface area contributed by atoms with E-state index in [1.807, 2.05) is 0 Å². The minimum atomic E-state index is 0. The van der Waals surface area contributed by atoms with E-state index in [4.69, 9.17) is 0 Å². The molecule has 0 aliphatic rings. The van der Waals surface area contributed by atoms with Crippen molar-refractivity contribution in [2.24, 2.45) is 0 Å². The van der Waals surface area contributed by atoms with Crippen LogP contribution in [0.3, 0.4) is 0 Å². The summed E-state index contributed by atoms with van der Waals surface area (Å²) in [5.74, 6) is 0. The predicted molar refractivity (Wildman–Crippen MR) is 14.5 cm³/mol. The van der Waals surface area contributed by atoms with Crippen LogP contribution in [0.25, 0.3) is 0 Å². The second-order valence-electron chi connectivity index (χ2n) is 0. The predicted octanol–water partition coefficient (Wildman–Crippen LogP) is -3.31. The van der Waals surface area contributed by atoms with Gasteiger partial charge in [-0.25, -0.2) is 0 Å². The zero-order chi connectivity index (χ0) is 0. The van der Waals surface area contributed by atoms with Gasteiger partial charge in [-0.05, 0) is 0 Å². The summed E-state index contributed by atoms with van der Waals surface area (Å²) in [6.45, 7) is 0. The summed E-state index contributed by atoms with van der Waals surface area (Å²) in [6, 6.07) is 0. The molecule has 4 nitrogen and oxygen atoms in total. The Hall–Kier alpha value is 3.41. The van der Waals surface area contributed by atoms with Crippen molar-refractivity contribution < 1.29 is 130 Å². The molecule has 0 atom stereocenters. The van der Waals surface area contributed by atoms with Gasteiger partial charge in [0, 0.05) is 109 Å². The molecular weight excluding hydrogens is 303 g/mol. The van der Waals surface area contributed by atoms with Crippen molar-refractivity contribution in [3.8, 4) is 0 Å². The van der Waals surface area contributed by atoms with Crippen LogP contribution in [0.1, 0.15) is 0 Å². The van der Waals surface area contributed by atoms with Gasteiger partial charge in [0.05, 0.1) is 0 Å². The molecule has 0 radical (unpaired) electrons. The molecule has 0 aromatic rings. The average Bonchev–Trinajstić information content (AvgIpc) is 0. The average molecular weight is 311 g/mol. The zero-order valence-corrected chi connectivity index (χ0v) is 12.3. The molecule has 0 unspecified atom stereocenters. The summed E-state index contributed by atoms with van der Waals surface area (Å²) in [6.07, 6.45) is 0. The van der Waals surface area contributed by atoms with Gasteiger partial charge in [-0.15, -0.1) is 0 Å². The van der Waals surface area contributed by atoms with E-state index < -0.39 is 0 Å². The Labute approximate surface area is 128 Å². The first-order chi connectivity index (χ1) is 0. The summed E-state index contributed by atoms with van der Waals surface area (Å²) >= 11 is 0. The van der Waals surface area contributed by atoms with Crippen molar-refractivity contribution in [3.05, 3.63) is 0 Å². The summed E-state index contributed by atoms with van der Waals surface area (Å²) in [5, 5.41) is 0. The van der Waals surface area contributed by atoms with Crippen molar-refractivity contribution in [1.29, 1.82) is 0 Å². The van der Waals surface area contributed by atoms with E-state index in [9.17, 15) is 0 Å². The molecule has 0 fully saturated rings. The Morgan fingerprint density at radius 2 is 0.222 bits per heavy atom. The van der Waals surface area contributed by atoms with Crippen LogP contribution in [-0.4, -0.2) is 21.9 Å². The summed E-state index contributed by atoms with van der Waals surface area (Å²) in [7, 11) is 0. The van der Waals surface area contributed by atoms with Crippen LogP contribution < -0.4 is 0 Å². The molecular formula is H8O4Ti5. The van der Waals surface area contributed by atoms with Gasteiger partial charge in [-0.1, -0.05) is 0 Å². The van der Waals surface area contributed by atoms with Crippen molar-refractivity contribution in [3.63, 3.8) is 0 Å². The molecule has 0 rings (SSSR count). The third-order valence-corrected chi connectivity index (χ3v) is 0. The Bertz CT molecular complexity index is 8.92. The third kappa shape index (κ3) is 86.9. The Kier molecular flexibility index (Phi) is 1640. The van der Waals surface area contributed by atoms with Gasteiger partial charge in [0.1, 0.15) is 0 Å². The first-order valence-corrected chi connectivity index (χ1v) is 0. The van der Waals surface area contributed by atoms with Crippen molar-refractivity contribution in [2.45, 2.75) is 0 Å². The topological polar surface area (TPSA) is 126 Å². The van der Waals surface area contributed by atoms with Crippen molar-refractivity contribution in [1.82, 2.24) is 0 Å². The largest absolute Gasteiger partial charge is 0.412 e. The van der Waals surface area contributed by atoms with Gasteiger partial charge in [-0.2, -0.15) is 0 Å². The maximum Gasteiger partial charge on any atom is 0 e. The van der Waals surface area contributed by atoms with Crippen LogP contribution in [0.5, 0.6) is 0 Å². The molecule has 9 heteroatoms. The van der Waals surface area contributed by atoms with E-state index in [-0.39, 0.29) is 130 Å². The van der Waals surface area contributed by atoms with Crippen molar-refractivity contribution >= 4 is 0 Å². The summed E-state index contributed by atoms with van der Waals surface area (Å²) in [5.41, 5.74) is 0. The van der Waals surface area contributed by atoms with Crippen molar-refractivity contribution in [2.75, 3.05) is 0 Å². The maximum atomic E-state index is 0. The third-order valence-electron chi connectivity index (χ3n) is 0. The van der Waals surface area contributed by atoms with Crippen LogP contribution in [0.2, 0.25) is 0 Å². The molecule has 0 heterocycles. The SMILES string of the molecule is O.O.O.O.[Ti].[Ti].[Ti].[Ti].[Ti]. The fourth-order valence-electron chi connectivity index (χ4n) is 0. The number of hydrogen-bond donors (Lipinski definition) is 0. The molecule has 0 saturated carbocycles. The summed E-state index contributed by atoms with van der Waals surface area (Å²) < 4.78 is 0. The van der Waals surface area contributed by atoms with E-state index in [1.165, 1.54) is 0 Å². The molecule has 0 aliphatic carbocycles. The van der Waals surface area contributed by atoms with E-state index in [0.29, 0.717) is 0 Å². The van der Waals surface area contributed by atoms with E-state index in [1.54, 1.807) is 0 Å². The van der Waals surface area contributed by atoms with Crippen LogP contribution >= 0.6 is 0 Å². The molecule has 0 aromatic heterocycles. The Balaban J connectivity index is 0. The van der Waals surface area contributed by atoms with Gasteiger partial charge in [0.15, 0.2) is 0 Å². The number of rotatable bonds is 0. The van der Waals surface area contributed by atoms with Gasteiger partial charge in [0.25, 0.3) is 0 Å². The fraction of sp³-hybridized carbons (Fsp3) is 0. The molecule has 0 aliphatic heterocycles. The van der Waals surface area contributed by atoms with Crippen LogP contribution in [0.15, 0.2) is 0 Å². The molecule has 0 spiro atoms. The van der Waals surface area contributed by atoms with Gasteiger partial charge in [-0.3, -0.25) is 0 Å². The van der Waals surface area contributed by atoms with Crippen LogP contribution in [-0.2, 0) is 109 Å².